The molecule has 1 aromatic rings. The van der Waals surface area contributed by atoms with Crippen LogP contribution in [0.5, 0.6) is 0 Å². The van der Waals surface area contributed by atoms with Crippen molar-refractivity contribution >= 4 is 5.97 Å². The first-order valence-corrected chi connectivity index (χ1v) is 7.54. The van der Waals surface area contributed by atoms with Crippen LogP contribution in [0.4, 0.5) is 0 Å². The van der Waals surface area contributed by atoms with Gasteiger partial charge in [0.1, 0.15) is 11.4 Å². The third kappa shape index (κ3) is 1.48. The normalized spacial score (nSPS) is 41.9. The van der Waals surface area contributed by atoms with Crippen LogP contribution in [0.25, 0.3) is 0 Å². The summed E-state index contributed by atoms with van der Waals surface area (Å²) >= 11 is 0. The van der Waals surface area contributed by atoms with Crippen LogP contribution >= 0.6 is 0 Å². The van der Waals surface area contributed by atoms with Gasteiger partial charge >= 0.3 is 5.97 Å². The van der Waals surface area contributed by atoms with Crippen molar-refractivity contribution in [2.24, 2.45) is 23.7 Å². The average Bonchev–Trinajstić information content (AvgIpc) is 3.17. The van der Waals surface area contributed by atoms with Gasteiger partial charge in [-0.15, -0.1) is 0 Å². The van der Waals surface area contributed by atoms with E-state index in [-0.39, 0.29) is 5.76 Å². The minimum atomic E-state index is -0.873. The fraction of sp³-hybridized carbons (Fsp3) is 0.688. The Morgan fingerprint density at radius 2 is 2.20 bits per heavy atom. The van der Waals surface area contributed by atoms with Crippen molar-refractivity contribution in [3.8, 4) is 0 Å². The molecule has 3 aliphatic rings. The minimum Gasteiger partial charge on any atom is -0.463 e. The van der Waals surface area contributed by atoms with Crippen LogP contribution in [0, 0.1) is 23.7 Å². The highest BCUT2D eigenvalue weighted by molar-refractivity contribution is 5.86. The van der Waals surface area contributed by atoms with Crippen LogP contribution in [0.3, 0.4) is 0 Å². The SMILES string of the molecule is COC(=O)c1ccc(C2(O)CC3CC2C2CCCC32)o1. The predicted octanol–water partition coefficient (Wildman–Crippen LogP) is 2.71. The van der Waals surface area contributed by atoms with Gasteiger partial charge in [-0.2, -0.15) is 0 Å². The van der Waals surface area contributed by atoms with Crippen LogP contribution in [0.2, 0.25) is 0 Å². The van der Waals surface area contributed by atoms with Gasteiger partial charge in [0.15, 0.2) is 0 Å². The van der Waals surface area contributed by atoms with Crippen LogP contribution < -0.4 is 0 Å². The summed E-state index contributed by atoms with van der Waals surface area (Å²) in [6, 6.07) is 3.36. The van der Waals surface area contributed by atoms with Crippen LogP contribution in [0.15, 0.2) is 16.5 Å². The Morgan fingerprint density at radius 3 is 3.00 bits per heavy atom. The van der Waals surface area contributed by atoms with E-state index in [2.05, 4.69) is 4.74 Å². The van der Waals surface area contributed by atoms with E-state index in [1.165, 1.54) is 26.4 Å². The number of carbonyl (C=O) groups is 1. The molecule has 4 rings (SSSR count). The van der Waals surface area contributed by atoms with Crippen molar-refractivity contribution in [2.45, 2.75) is 37.7 Å². The van der Waals surface area contributed by atoms with Gasteiger partial charge < -0.3 is 14.3 Å². The molecule has 3 aliphatic carbocycles. The van der Waals surface area contributed by atoms with Crippen LogP contribution in [0.1, 0.15) is 48.4 Å². The van der Waals surface area contributed by atoms with E-state index >= 15 is 0 Å². The molecule has 20 heavy (non-hydrogen) atoms. The molecular formula is C16H20O4. The molecule has 0 aliphatic heterocycles. The van der Waals surface area contributed by atoms with Gasteiger partial charge in [0, 0.05) is 0 Å². The summed E-state index contributed by atoms with van der Waals surface area (Å²) in [6.07, 6.45) is 5.75. The highest BCUT2D eigenvalue weighted by Crippen LogP contribution is 2.65. The largest absolute Gasteiger partial charge is 0.463 e. The molecule has 0 saturated heterocycles. The zero-order valence-corrected chi connectivity index (χ0v) is 11.7. The Hall–Kier alpha value is -1.29. The third-order valence-electron chi connectivity index (χ3n) is 5.91. The lowest BCUT2D eigenvalue weighted by Crippen LogP contribution is -2.38. The monoisotopic (exact) mass is 276 g/mol. The van der Waals surface area contributed by atoms with E-state index in [0.29, 0.717) is 23.5 Å². The lowest BCUT2D eigenvalue weighted by molar-refractivity contribution is -0.0674. The first-order valence-electron chi connectivity index (χ1n) is 7.54. The molecule has 0 radical (unpaired) electrons. The number of hydrogen-bond acceptors (Lipinski definition) is 4. The third-order valence-corrected chi connectivity index (χ3v) is 5.91. The fourth-order valence-corrected chi connectivity index (χ4v) is 5.18. The van der Waals surface area contributed by atoms with E-state index < -0.39 is 11.6 Å². The minimum absolute atomic E-state index is 0.182. The molecule has 3 saturated carbocycles. The molecule has 0 spiro atoms. The van der Waals surface area contributed by atoms with Gasteiger partial charge in [-0.1, -0.05) is 6.42 Å². The van der Waals surface area contributed by atoms with Gasteiger partial charge in [-0.25, -0.2) is 4.79 Å². The maximum Gasteiger partial charge on any atom is 0.373 e. The molecule has 1 aromatic heterocycles. The van der Waals surface area contributed by atoms with Crippen molar-refractivity contribution in [1.82, 2.24) is 0 Å². The summed E-state index contributed by atoms with van der Waals surface area (Å²) < 4.78 is 10.3. The van der Waals surface area contributed by atoms with Crippen LogP contribution in [-0.2, 0) is 10.3 Å². The molecule has 3 fully saturated rings. The second-order valence-corrected chi connectivity index (χ2v) is 6.64. The highest BCUT2D eigenvalue weighted by Gasteiger charge is 2.62. The lowest BCUT2D eigenvalue weighted by atomic mass is 9.72. The number of esters is 1. The molecule has 1 heterocycles. The van der Waals surface area contributed by atoms with Crippen LogP contribution in [-0.4, -0.2) is 18.2 Å². The quantitative estimate of drug-likeness (QED) is 0.844. The van der Waals surface area contributed by atoms with E-state index in [0.717, 1.165) is 18.8 Å². The second kappa shape index (κ2) is 4.10. The average molecular weight is 276 g/mol. The lowest BCUT2D eigenvalue weighted by Gasteiger charge is -2.37. The number of aliphatic hydroxyl groups is 1. The zero-order chi connectivity index (χ0) is 13.9. The summed E-state index contributed by atoms with van der Waals surface area (Å²) in [5.74, 6) is 2.64. The fourth-order valence-electron chi connectivity index (χ4n) is 5.18. The van der Waals surface area contributed by atoms with Crippen molar-refractivity contribution in [3.05, 3.63) is 23.7 Å². The highest BCUT2D eigenvalue weighted by atomic mass is 16.5. The number of methoxy groups -OCH3 is 1. The molecule has 1 N–H and O–H groups in total. The predicted molar refractivity (Wildman–Crippen MR) is 71.0 cm³/mol. The van der Waals surface area contributed by atoms with Crippen molar-refractivity contribution in [3.63, 3.8) is 0 Å². The number of carbonyl (C=O) groups excluding carboxylic acids is 1. The first kappa shape index (κ1) is 12.5. The molecular weight excluding hydrogens is 256 g/mol. The molecule has 4 heteroatoms. The standard InChI is InChI=1S/C16H20O4/c1-19-15(17)13-5-6-14(20-13)16(18)8-9-7-12(16)11-4-2-3-10(9)11/h5-6,9-12,18H,2-4,7-8H2,1H3. The molecule has 5 atom stereocenters. The van der Waals surface area contributed by atoms with Crippen molar-refractivity contribution in [1.29, 1.82) is 0 Å². The number of hydrogen-bond donors (Lipinski definition) is 1. The smallest absolute Gasteiger partial charge is 0.373 e. The number of furan rings is 1. The molecule has 4 nitrogen and oxygen atoms in total. The maximum absolute atomic E-state index is 11.5. The Labute approximate surface area is 118 Å². The Bertz CT molecular complexity index is 548. The number of ether oxygens (including phenoxy) is 1. The number of fused-ring (bicyclic) bond motifs is 5. The van der Waals surface area contributed by atoms with Crippen molar-refractivity contribution in [2.75, 3.05) is 7.11 Å². The summed E-state index contributed by atoms with van der Waals surface area (Å²) in [5.41, 5.74) is -0.873. The van der Waals surface area contributed by atoms with Gasteiger partial charge in [0.05, 0.1) is 7.11 Å². The van der Waals surface area contributed by atoms with Crippen molar-refractivity contribution < 1.29 is 19.1 Å². The van der Waals surface area contributed by atoms with Gasteiger partial charge in [0.2, 0.25) is 5.76 Å². The second-order valence-electron chi connectivity index (χ2n) is 6.64. The molecule has 0 aromatic carbocycles. The Morgan fingerprint density at radius 1 is 1.40 bits per heavy atom. The van der Waals surface area contributed by atoms with Gasteiger partial charge in [-0.3, -0.25) is 0 Å². The maximum atomic E-state index is 11.5. The van der Waals surface area contributed by atoms with Gasteiger partial charge in [0.25, 0.3) is 0 Å². The summed E-state index contributed by atoms with van der Waals surface area (Å²) in [5, 5.41) is 11.1. The molecule has 108 valence electrons. The molecule has 0 amide bonds. The summed E-state index contributed by atoms with van der Waals surface area (Å²) in [4.78, 5) is 11.5. The number of rotatable bonds is 2. The molecule has 2 bridgehead atoms. The first-order chi connectivity index (χ1) is 9.63. The Kier molecular flexibility index (Phi) is 2.56. The van der Waals surface area contributed by atoms with Gasteiger partial charge in [-0.05, 0) is 61.5 Å². The topological polar surface area (TPSA) is 59.7 Å². The molecule has 5 unspecified atom stereocenters. The van der Waals surface area contributed by atoms with E-state index in [1.807, 2.05) is 0 Å². The van der Waals surface area contributed by atoms with E-state index in [4.69, 9.17) is 4.42 Å². The summed E-state index contributed by atoms with van der Waals surface area (Å²) in [7, 11) is 1.33. The summed E-state index contributed by atoms with van der Waals surface area (Å²) in [6.45, 7) is 0. The van der Waals surface area contributed by atoms with E-state index in [1.54, 1.807) is 12.1 Å². The van der Waals surface area contributed by atoms with E-state index in [9.17, 15) is 9.90 Å². The zero-order valence-electron chi connectivity index (χ0n) is 11.7. The Balaban J connectivity index is 1.65.